The third kappa shape index (κ3) is 3.95. The van der Waals surface area contributed by atoms with Crippen LogP contribution in [-0.4, -0.2) is 21.4 Å². The summed E-state index contributed by atoms with van der Waals surface area (Å²) in [4.78, 5) is 35.3. The van der Waals surface area contributed by atoms with Gasteiger partial charge < -0.3 is 9.40 Å². The van der Waals surface area contributed by atoms with Gasteiger partial charge in [-0.25, -0.2) is 4.98 Å². The largest absolute Gasteiger partial charge is 0.462 e. The van der Waals surface area contributed by atoms with Crippen molar-refractivity contribution in [2.45, 2.75) is 19.5 Å². The summed E-state index contributed by atoms with van der Waals surface area (Å²) < 4.78 is 5.61. The average Bonchev–Trinajstić information content (AvgIpc) is 2.77. The van der Waals surface area contributed by atoms with Gasteiger partial charge in [0, 0.05) is 47.2 Å². The second kappa shape index (κ2) is 8.37. The van der Waals surface area contributed by atoms with Crippen LogP contribution in [0.3, 0.4) is 0 Å². The van der Waals surface area contributed by atoms with Crippen LogP contribution in [-0.2, 0) is 19.5 Å². The monoisotopic (exact) mass is 487 g/mol. The minimum absolute atomic E-state index is 0.186. The summed E-state index contributed by atoms with van der Waals surface area (Å²) in [5.74, 6) is 0.516. The molecule has 5 rings (SSSR count). The van der Waals surface area contributed by atoms with Crippen molar-refractivity contribution in [1.82, 2.24) is 14.9 Å². The van der Waals surface area contributed by atoms with Gasteiger partial charge in [0.1, 0.15) is 5.82 Å². The summed E-state index contributed by atoms with van der Waals surface area (Å²) in [6, 6.07) is 10.2. The van der Waals surface area contributed by atoms with Crippen LogP contribution < -0.4 is 11.0 Å². The number of hydrogen-bond acceptors (Lipinski definition) is 5. The molecule has 0 unspecified atom stereocenters. The molecule has 2 aromatic carbocycles. The Balaban J connectivity index is 1.43. The van der Waals surface area contributed by atoms with Crippen LogP contribution in [0, 0.1) is 0 Å². The fourth-order valence-electron chi connectivity index (χ4n) is 3.92. The molecule has 4 aromatic rings. The van der Waals surface area contributed by atoms with Crippen LogP contribution in [0.15, 0.2) is 56.7 Å². The second-order valence-corrected chi connectivity index (χ2v) is 8.94. The van der Waals surface area contributed by atoms with Gasteiger partial charge in [-0.1, -0.05) is 34.8 Å². The van der Waals surface area contributed by atoms with E-state index in [2.05, 4.69) is 9.97 Å². The maximum atomic E-state index is 13.0. The normalized spacial score (nSPS) is 14.0. The highest BCUT2D eigenvalue weighted by molar-refractivity contribution is 6.38. The van der Waals surface area contributed by atoms with Crippen LogP contribution >= 0.6 is 34.8 Å². The van der Waals surface area contributed by atoms with Crippen molar-refractivity contribution in [3.05, 3.63) is 95.1 Å². The quantitative estimate of drug-likeness (QED) is 0.436. The molecule has 0 radical (unpaired) electrons. The number of aromatic nitrogens is 2. The zero-order valence-corrected chi connectivity index (χ0v) is 18.9. The molecular formula is C23H16Cl3N3O3. The molecule has 3 heterocycles. The minimum Gasteiger partial charge on any atom is -0.462 e. The van der Waals surface area contributed by atoms with Gasteiger partial charge in [0.05, 0.1) is 27.9 Å². The maximum Gasteiger partial charge on any atom is 0.255 e. The number of halogens is 3. The van der Waals surface area contributed by atoms with E-state index in [4.69, 9.17) is 39.2 Å². The Morgan fingerprint density at radius 1 is 1.06 bits per heavy atom. The van der Waals surface area contributed by atoms with E-state index in [1.807, 2.05) is 17.0 Å². The fraction of sp³-hybridized carbons (Fsp3) is 0.174. The first-order valence-corrected chi connectivity index (χ1v) is 11.0. The molecule has 162 valence electrons. The first-order valence-electron chi connectivity index (χ1n) is 9.89. The van der Waals surface area contributed by atoms with Crippen LogP contribution in [0.5, 0.6) is 0 Å². The third-order valence-corrected chi connectivity index (χ3v) is 6.27. The number of nitrogens with one attached hydrogen (secondary N) is 1. The summed E-state index contributed by atoms with van der Waals surface area (Å²) in [5, 5.41) is 1.61. The molecule has 0 atom stereocenters. The van der Waals surface area contributed by atoms with E-state index >= 15 is 0 Å². The van der Waals surface area contributed by atoms with Gasteiger partial charge in [0.15, 0.2) is 11.0 Å². The Labute approximate surface area is 197 Å². The predicted octanol–water partition coefficient (Wildman–Crippen LogP) is 5.06. The second-order valence-electron chi connectivity index (χ2n) is 7.66. The van der Waals surface area contributed by atoms with Crippen molar-refractivity contribution in [2.24, 2.45) is 0 Å². The molecule has 1 aliphatic heterocycles. The van der Waals surface area contributed by atoms with E-state index in [1.54, 1.807) is 18.2 Å². The van der Waals surface area contributed by atoms with Crippen LogP contribution in [0.1, 0.15) is 16.8 Å². The zero-order chi connectivity index (χ0) is 22.4. The standard InChI is InChI=1S/C23H16Cl3N3O3/c24-14-3-1-12(2-4-14)22-27-19-5-6-29(10-17(19)23(31)28-22)9-13-11-32-21-16(20(13)30)7-15(25)8-18(21)26/h1-4,7-8,11H,5-6,9-10H2,(H,27,28,31). The molecule has 0 saturated carbocycles. The molecular weight excluding hydrogens is 473 g/mol. The van der Waals surface area contributed by atoms with Crippen LogP contribution in [0.2, 0.25) is 15.1 Å². The molecule has 2 aromatic heterocycles. The molecule has 9 heteroatoms. The molecule has 1 N–H and O–H groups in total. The van der Waals surface area contributed by atoms with E-state index in [0.29, 0.717) is 64.0 Å². The highest BCUT2D eigenvalue weighted by Crippen LogP contribution is 2.27. The first-order chi connectivity index (χ1) is 15.4. The third-order valence-electron chi connectivity index (χ3n) is 5.52. The molecule has 0 saturated heterocycles. The lowest BCUT2D eigenvalue weighted by atomic mass is 10.1. The molecule has 6 nitrogen and oxygen atoms in total. The van der Waals surface area contributed by atoms with E-state index in [9.17, 15) is 9.59 Å². The average molecular weight is 489 g/mol. The predicted molar refractivity (Wildman–Crippen MR) is 126 cm³/mol. The maximum absolute atomic E-state index is 13.0. The molecule has 0 spiro atoms. The van der Waals surface area contributed by atoms with Crippen molar-refractivity contribution in [3.8, 4) is 11.4 Å². The Hall–Kier alpha value is -2.64. The molecule has 0 bridgehead atoms. The number of aromatic amines is 1. The van der Waals surface area contributed by atoms with Gasteiger partial charge in [0.2, 0.25) is 0 Å². The van der Waals surface area contributed by atoms with Crippen LogP contribution in [0.4, 0.5) is 0 Å². The van der Waals surface area contributed by atoms with Gasteiger partial charge in [-0.05, 0) is 36.4 Å². The lowest BCUT2D eigenvalue weighted by Gasteiger charge is -2.27. The zero-order valence-electron chi connectivity index (χ0n) is 16.6. The van der Waals surface area contributed by atoms with Gasteiger partial charge >= 0.3 is 0 Å². The summed E-state index contributed by atoms with van der Waals surface area (Å²) in [5.41, 5.74) is 2.57. The van der Waals surface area contributed by atoms with E-state index in [0.717, 1.165) is 11.3 Å². The topological polar surface area (TPSA) is 79.2 Å². The number of rotatable bonds is 3. The minimum atomic E-state index is -0.188. The van der Waals surface area contributed by atoms with E-state index in [-0.39, 0.29) is 16.0 Å². The Morgan fingerprint density at radius 2 is 1.84 bits per heavy atom. The Kier molecular flexibility index (Phi) is 5.55. The van der Waals surface area contributed by atoms with Gasteiger partial charge in [0.25, 0.3) is 5.56 Å². The number of nitrogens with zero attached hydrogens (tertiary/aromatic N) is 2. The number of H-pyrrole nitrogens is 1. The lowest BCUT2D eigenvalue weighted by molar-refractivity contribution is 0.239. The summed E-state index contributed by atoms with van der Waals surface area (Å²) in [7, 11) is 0. The lowest BCUT2D eigenvalue weighted by Crippen LogP contribution is -2.36. The molecule has 0 aliphatic carbocycles. The van der Waals surface area contributed by atoms with Crippen molar-refractivity contribution in [3.63, 3.8) is 0 Å². The van der Waals surface area contributed by atoms with Gasteiger partial charge in [-0.3, -0.25) is 14.5 Å². The summed E-state index contributed by atoms with van der Waals surface area (Å²) in [6.45, 7) is 1.36. The van der Waals surface area contributed by atoms with Crippen molar-refractivity contribution < 1.29 is 4.42 Å². The number of hydrogen-bond donors (Lipinski definition) is 1. The Bertz CT molecular complexity index is 1460. The van der Waals surface area contributed by atoms with Crippen LogP contribution in [0.25, 0.3) is 22.4 Å². The smallest absolute Gasteiger partial charge is 0.255 e. The van der Waals surface area contributed by atoms with Crippen molar-refractivity contribution >= 4 is 45.8 Å². The SMILES string of the molecule is O=c1[nH]c(-c2ccc(Cl)cc2)nc2c1CN(Cc1coc3c(Cl)cc(Cl)cc3c1=O)CC2. The molecule has 32 heavy (non-hydrogen) atoms. The van der Waals surface area contributed by atoms with Crippen molar-refractivity contribution in [2.75, 3.05) is 6.54 Å². The molecule has 0 fully saturated rings. The first kappa shape index (κ1) is 21.2. The fourth-order valence-corrected chi connectivity index (χ4v) is 4.58. The highest BCUT2D eigenvalue weighted by Gasteiger charge is 2.23. The van der Waals surface area contributed by atoms with E-state index < -0.39 is 0 Å². The summed E-state index contributed by atoms with van der Waals surface area (Å²) >= 11 is 18.1. The van der Waals surface area contributed by atoms with Gasteiger partial charge in [-0.15, -0.1) is 0 Å². The van der Waals surface area contributed by atoms with E-state index in [1.165, 1.54) is 12.3 Å². The van der Waals surface area contributed by atoms with Crippen molar-refractivity contribution in [1.29, 1.82) is 0 Å². The van der Waals surface area contributed by atoms with Gasteiger partial charge in [-0.2, -0.15) is 0 Å². The summed E-state index contributed by atoms with van der Waals surface area (Å²) in [6.07, 6.45) is 2.02. The Morgan fingerprint density at radius 3 is 2.62 bits per heavy atom. The molecule has 0 amide bonds. The number of benzene rings is 2. The number of fused-ring (bicyclic) bond motifs is 2. The highest BCUT2D eigenvalue weighted by atomic mass is 35.5. The molecule has 1 aliphatic rings.